The summed E-state index contributed by atoms with van der Waals surface area (Å²) in [6.07, 6.45) is 0. The van der Waals surface area contributed by atoms with Crippen molar-refractivity contribution in [2.75, 3.05) is 5.32 Å². The van der Waals surface area contributed by atoms with E-state index < -0.39 is 11.7 Å². The molecule has 6 nitrogen and oxygen atoms in total. The molecule has 2 amide bonds. The van der Waals surface area contributed by atoms with Gasteiger partial charge < -0.3 is 15.6 Å². The Morgan fingerprint density at radius 1 is 1.06 bits per heavy atom. The van der Waals surface area contributed by atoms with E-state index in [1.165, 1.54) is 35.6 Å². The Bertz CT molecular complexity index is 1260. The number of carbonyl (C=O) groups excluding carboxylic acids is 2. The number of aromatic amines is 1. The van der Waals surface area contributed by atoms with E-state index in [4.69, 9.17) is 0 Å². The monoisotopic (exact) mass is 450 g/mol. The van der Waals surface area contributed by atoms with Crippen molar-refractivity contribution in [1.82, 2.24) is 15.3 Å². The van der Waals surface area contributed by atoms with E-state index in [1.807, 2.05) is 45.0 Å². The van der Waals surface area contributed by atoms with Crippen molar-refractivity contribution in [2.24, 2.45) is 5.92 Å². The molecule has 2 aromatic heterocycles. The minimum Gasteiger partial charge on any atom is -0.341 e. The smallest absolute Gasteiger partial charge is 0.262 e. The van der Waals surface area contributed by atoms with E-state index in [9.17, 15) is 14.0 Å². The fourth-order valence-electron chi connectivity index (χ4n) is 3.46. The number of amides is 2. The van der Waals surface area contributed by atoms with Gasteiger partial charge in [-0.25, -0.2) is 9.37 Å². The molecular formula is C24H23FN4O2S. The fourth-order valence-corrected chi connectivity index (χ4v) is 4.43. The Balaban J connectivity index is 1.52. The van der Waals surface area contributed by atoms with Crippen LogP contribution in [0, 0.1) is 18.7 Å². The van der Waals surface area contributed by atoms with E-state index in [0.29, 0.717) is 15.7 Å². The minimum atomic E-state index is -0.481. The van der Waals surface area contributed by atoms with Crippen LogP contribution < -0.4 is 10.6 Å². The number of halogens is 1. The van der Waals surface area contributed by atoms with Crippen LogP contribution in [0.15, 0.2) is 54.6 Å². The Hall–Kier alpha value is -3.52. The van der Waals surface area contributed by atoms with Crippen molar-refractivity contribution < 1.29 is 14.0 Å². The Kier molecular flexibility index (Phi) is 6.05. The third kappa shape index (κ3) is 4.55. The molecule has 0 fully saturated rings. The molecule has 1 unspecified atom stereocenters. The highest BCUT2D eigenvalue weighted by molar-refractivity contribution is 7.18. The standard InChI is InChI=1S/C24H23FN4O2S/c1-13(2)20(22-26-17-9-4-5-10-18(17)27-22)29-24(31)21-14(3)11-19(32-21)28-23(30)15-7-6-8-16(25)12-15/h4-13,20H,1-3H3,(H,26,27)(H,28,30)(H,29,31). The van der Waals surface area contributed by atoms with Gasteiger partial charge in [0.25, 0.3) is 11.8 Å². The van der Waals surface area contributed by atoms with Crippen molar-refractivity contribution in [3.05, 3.63) is 82.2 Å². The highest BCUT2D eigenvalue weighted by Crippen LogP contribution is 2.29. The maximum absolute atomic E-state index is 13.4. The summed E-state index contributed by atoms with van der Waals surface area (Å²) < 4.78 is 13.4. The molecule has 4 aromatic rings. The zero-order chi connectivity index (χ0) is 22.8. The lowest BCUT2D eigenvalue weighted by Gasteiger charge is -2.20. The van der Waals surface area contributed by atoms with Crippen LogP contribution in [0.1, 0.15) is 51.3 Å². The number of nitrogens with one attached hydrogen (secondary N) is 3. The van der Waals surface area contributed by atoms with Crippen LogP contribution in [0.2, 0.25) is 0 Å². The number of anilines is 1. The molecule has 0 bridgehead atoms. The maximum atomic E-state index is 13.4. The van der Waals surface area contributed by atoms with Crippen LogP contribution in [0.4, 0.5) is 9.39 Å². The molecular weight excluding hydrogens is 427 g/mol. The number of fused-ring (bicyclic) bond motifs is 1. The number of imidazole rings is 1. The molecule has 0 saturated carbocycles. The fraction of sp³-hybridized carbons (Fsp3) is 0.208. The number of carbonyl (C=O) groups is 2. The van der Waals surface area contributed by atoms with Crippen molar-refractivity contribution in [2.45, 2.75) is 26.8 Å². The van der Waals surface area contributed by atoms with E-state index in [-0.39, 0.29) is 23.4 Å². The molecule has 0 saturated heterocycles. The first-order valence-electron chi connectivity index (χ1n) is 10.2. The molecule has 1 atom stereocenters. The van der Waals surface area contributed by atoms with E-state index in [0.717, 1.165) is 16.6 Å². The quantitative estimate of drug-likeness (QED) is 0.365. The minimum absolute atomic E-state index is 0.104. The van der Waals surface area contributed by atoms with E-state index >= 15 is 0 Å². The number of hydrogen-bond donors (Lipinski definition) is 3. The van der Waals surface area contributed by atoms with Gasteiger partial charge in [-0.05, 0) is 54.8 Å². The average Bonchev–Trinajstić information content (AvgIpc) is 3.34. The van der Waals surface area contributed by atoms with Gasteiger partial charge in [-0.2, -0.15) is 0 Å². The van der Waals surface area contributed by atoms with Gasteiger partial charge in [0.15, 0.2) is 0 Å². The number of aromatic nitrogens is 2. The lowest BCUT2D eigenvalue weighted by molar-refractivity contribution is 0.0926. The van der Waals surface area contributed by atoms with Crippen LogP contribution in [-0.2, 0) is 0 Å². The van der Waals surface area contributed by atoms with Crippen molar-refractivity contribution in [3.8, 4) is 0 Å². The number of nitrogens with zero attached hydrogens (tertiary/aromatic N) is 1. The first kappa shape index (κ1) is 21.7. The normalized spacial score (nSPS) is 12.2. The molecule has 0 radical (unpaired) electrons. The average molecular weight is 451 g/mol. The molecule has 164 valence electrons. The number of hydrogen-bond acceptors (Lipinski definition) is 4. The summed E-state index contributed by atoms with van der Waals surface area (Å²) in [5.74, 6) is -0.348. The lowest BCUT2D eigenvalue weighted by atomic mass is 10.0. The molecule has 3 N–H and O–H groups in total. The summed E-state index contributed by atoms with van der Waals surface area (Å²) in [6.45, 7) is 5.85. The molecule has 0 spiro atoms. The molecule has 0 aliphatic rings. The second-order valence-electron chi connectivity index (χ2n) is 7.92. The van der Waals surface area contributed by atoms with Crippen LogP contribution in [0.3, 0.4) is 0 Å². The highest BCUT2D eigenvalue weighted by Gasteiger charge is 2.24. The third-order valence-corrected chi connectivity index (χ3v) is 6.25. The first-order chi connectivity index (χ1) is 15.3. The predicted molar refractivity (Wildman–Crippen MR) is 125 cm³/mol. The van der Waals surface area contributed by atoms with Crippen molar-refractivity contribution in [1.29, 1.82) is 0 Å². The summed E-state index contributed by atoms with van der Waals surface area (Å²) in [5, 5.41) is 6.33. The highest BCUT2D eigenvalue weighted by atomic mass is 32.1. The maximum Gasteiger partial charge on any atom is 0.262 e. The summed E-state index contributed by atoms with van der Waals surface area (Å²) in [5.41, 5.74) is 2.72. The summed E-state index contributed by atoms with van der Waals surface area (Å²) in [6, 6.07) is 14.6. The van der Waals surface area contributed by atoms with Gasteiger partial charge in [0, 0.05) is 5.56 Å². The largest absolute Gasteiger partial charge is 0.341 e. The lowest BCUT2D eigenvalue weighted by Crippen LogP contribution is -2.32. The molecule has 4 rings (SSSR count). The van der Waals surface area contributed by atoms with E-state index in [2.05, 4.69) is 20.6 Å². The molecule has 2 aromatic carbocycles. The number of aryl methyl sites for hydroxylation is 1. The van der Waals surface area contributed by atoms with Gasteiger partial charge in [0.2, 0.25) is 0 Å². The number of benzene rings is 2. The zero-order valence-corrected chi connectivity index (χ0v) is 18.7. The summed E-state index contributed by atoms with van der Waals surface area (Å²) >= 11 is 1.18. The summed E-state index contributed by atoms with van der Waals surface area (Å²) in [7, 11) is 0. The Morgan fingerprint density at radius 3 is 2.56 bits per heavy atom. The second-order valence-corrected chi connectivity index (χ2v) is 8.97. The van der Waals surface area contributed by atoms with Gasteiger partial charge in [0.05, 0.1) is 27.0 Å². The Labute approximate surface area is 188 Å². The third-order valence-electron chi connectivity index (χ3n) is 5.10. The SMILES string of the molecule is Cc1cc(NC(=O)c2cccc(F)c2)sc1C(=O)NC(c1nc2ccccc2[nH]1)C(C)C. The van der Waals surface area contributed by atoms with Gasteiger partial charge in [-0.1, -0.05) is 32.0 Å². The van der Waals surface area contributed by atoms with Gasteiger partial charge in [-0.15, -0.1) is 11.3 Å². The number of thiophene rings is 1. The predicted octanol–water partition coefficient (Wildman–Crippen LogP) is 5.45. The van der Waals surface area contributed by atoms with Gasteiger partial charge in [0.1, 0.15) is 11.6 Å². The van der Waals surface area contributed by atoms with Crippen LogP contribution >= 0.6 is 11.3 Å². The topological polar surface area (TPSA) is 86.9 Å². The molecule has 32 heavy (non-hydrogen) atoms. The van der Waals surface area contributed by atoms with Crippen molar-refractivity contribution >= 4 is 39.2 Å². The van der Waals surface area contributed by atoms with Gasteiger partial charge in [-0.3, -0.25) is 9.59 Å². The Morgan fingerprint density at radius 2 is 1.84 bits per heavy atom. The number of para-hydroxylation sites is 2. The number of rotatable bonds is 6. The first-order valence-corrected chi connectivity index (χ1v) is 11.1. The van der Waals surface area contributed by atoms with Crippen molar-refractivity contribution in [3.63, 3.8) is 0 Å². The number of H-pyrrole nitrogens is 1. The van der Waals surface area contributed by atoms with Crippen LogP contribution in [0.5, 0.6) is 0 Å². The zero-order valence-electron chi connectivity index (χ0n) is 17.9. The molecule has 8 heteroatoms. The molecule has 0 aliphatic heterocycles. The molecule has 0 aliphatic carbocycles. The second kappa shape index (κ2) is 8.92. The van der Waals surface area contributed by atoms with E-state index in [1.54, 1.807) is 6.07 Å². The molecule has 2 heterocycles. The van der Waals surface area contributed by atoms with Crippen LogP contribution in [-0.4, -0.2) is 21.8 Å². The van der Waals surface area contributed by atoms with Gasteiger partial charge >= 0.3 is 0 Å². The summed E-state index contributed by atoms with van der Waals surface area (Å²) in [4.78, 5) is 33.9. The van der Waals surface area contributed by atoms with Crippen LogP contribution in [0.25, 0.3) is 11.0 Å².